The van der Waals surface area contributed by atoms with E-state index in [1.54, 1.807) is 0 Å². The molecule has 0 aromatic carbocycles. The van der Waals surface area contributed by atoms with E-state index in [0.29, 0.717) is 6.54 Å². The predicted octanol–water partition coefficient (Wildman–Crippen LogP) is 3.20. The molecule has 21 heavy (non-hydrogen) atoms. The standard InChI is InChI=1S/C17H26N4/c1-7-14-11(2)20-21(12(14)3)16-9-13(10-18)8-15(19-16)17(4,5)6/h8-9H,7,10,18H2,1-6H3. The lowest BCUT2D eigenvalue weighted by molar-refractivity contribution is 0.564. The summed E-state index contributed by atoms with van der Waals surface area (Å²) in [5.74, 6) is 0.864. The summed E-state index contributed by atoms with van der Waals surface area (Å²) in [6, 6.07) is 4.13. The van der Waals surface area contributed by atoms with E-state index in [-0.39, 0.29) is 5.41 Å². The molecule has 114 valence electrons. The van der Waals surface area contributed by atoms with Crippen molar-refractivity contribution in [1.29, 1.82) is 0 Å². The van der Waals surface area contributed by atoms with Crippen molar-refractivity contribution in [2.45, 2.75) is 59.9 Å². The average molecular weight is 286 g/mol. The summed E-state index contributed by atoms with van der Waals surface area (Å²) in [5, 5.41) is 4.66. The molecule has 0 bridgehead atoms. The Kier molecular flexibility index (Phi) is 4.19. The topological polar surface area (TPSA) is 56.7 Å². The van der Waals surface area contributed by atoms with Gasteiger partial charge in [0.15, 0.2) is 5.82 Å². The van der Waals surface area contributed by atoms with Crippen molar-refractivity contribution in [3.05, 3.63) is 40.3 Å². The molecular formula is C17H26N4. The van der Waals surface area contributed by atoms with Crippen LogP contribution >= 0.6 is 0 Å². The van der Waals surface area contributed by atoms with Crippen LogP contribution in [0.3, 0.4) is 0 Å². The van der Waals surface area contributed by atoms with Crippen LogP contribution in [0.15, 0.2) is 12.1 Å². The van der Waals surface area contributed by atoms with Crippen LogP contribution in [-0.4, -0.2) is 14.8 Å². The fourth-order valence-corrected chi connectivity index (χ4v) is 2.59. The second-order valence-corrected chi connectivity index (χ2v) is 6.59. The number of nitrogens with zero attached hydrogens (tertiary/aromatic N) is 3. The minimum Gasteiger partial charge on any atom is -0.326 e. The van der Waals surface area contributed by atoms with E-state index in [0.717, 1.165) is 34.9 Å². The fourth-order valence-electron chi connectivity index (χ4n) is 2.59. The minimum atomic E-state index is -0.0103. The molecule has 0 amide bonds. The van der Waals surface area contributed by atoms with Crippen LogP contribution in [0.25, 0.3) is 5.82 Å². The summed E-state index contributed by atoms with van der Waals surface area (Å²) in [7, 11) is 0. The molecule has 0 unspecified atom stereocenters. The van der Waals surface area contributed by atoms with Gasteiger partial charge in [-0.05, 0) is 43.5 Å². The zero-order chi connectivity index (χ0) is 15.8. The fraction of sp³-hybridized carbons (Fsp3) is 0.529. The highest BCUT2D eigenvalue weighted by Crippen LogP contribution is 2.24. The molecule has 4 nitrogen and oxygen atoms in total. The quantitative estimate of drug-likeness (QED) is 0.942. The van der Waals surface area contributed by atoms with Crippen molar-refractivity contribution >= 4 is 0 Å². The highest BCUT2D eigenvalue weighted by Gasteiger charge is 2.19. The van der Waals surface area contributed by atoms with Crippen LogP contribution in [0.5, 0.6) is 0 Å². The number of rotatable bonds is 3. The first-order valence-corrected chi connectivity index (χ1v) is 7.55. The summed E-state index contributed by atoms with van der Waals surface area (Å²) in [6.45, 7) is 13.3. The van der Waals surface area contributed by atoms with Gasteiger partial charge in [-0.3, -0.25) is 0 Å². The molecule has 0 atom stereocenters. The molecule has 0 aliphatic carbocycles. The Morgan fingerprint density at radius 2 is 1.86 bits per heavy atom. The third-order valence-electron chi connectivity index (χ3n) is 3.89. The number of hydrogen-bond donors (Lipinski definition) is 1. The summed E-state index contributed by atoms with van der Waals surface area (Å²) >= 11 is 0. The molecule has 2 N–H and O–H groups in total. The van der Waals surface area contributed by atoms with Gasteiger partial charge in [0, 0.05) is 23.3 Å². The predicted molar refractivity (Wildman–Crippen MR) is 86.8 cm³/mol. The van der Waals surface area contributed by atoms with Gasteiger partial charge in [0.1, 0.15) is 0 Å². The largest absolute Gasteiger partial charge is 0.326 e. The zero-order valence-corrected chi connectivity index (χ0v) is 14.0. The first-order chi connectivity index (χ1) is 9.77. The first-order valence-electron chi connectivity index (χ1n) is 7.55. The Morgan fingerprint density at radius 1 is 1.19 bits per heavy atom. The number of aromatic nitrogens is 3. The molecule has 0 aliphatic heterocycles. The molecule has 0 spiro atoms. The van der Waals surface area contributed by atoms with Gasteiger partial charge < -0.3 is 5.73 Å². The molecule has 0 fully saturated rings. The summed E-state index contributed by atoms with van der Waals surface area (Å²) < 4.78 is 1.95. The lowest BCUT2D eigenvalue weighted by Gasteiger charge is -2.20. The summed E-state index contributed by atoms with van der Waals surface area (Å²) in [5.41, 5.74) is 11.5. The van der Waals surface area contributed by atoms with Crippen molar-refractivity contribution < 1.29 is 0 Å². The molecule has 0 saturated heterocycles. The second-order valence-electron chi connectivity index (χ2n) is 6.59. The van der Waals surface area contributed by atoms with Gasteiger partial charge in [0.2, 0.25) is 0 Å². The maximum absolute atomic E-state index is 5.85. The second kappa shape index (κ2) is 5.60. The van der Waals surface area contributed by atoms with Crippen molar-refractivity contribution in [3.8, 4) is 5.82 Å². The molecule has 0 saturated carbocycles. The normalized spacial score (nSPS) is 12.0. The monoisotopic (exact) mass is 286 g/mol. The molecule has 0 radical (unpaired) electrons. The van der Waals surface area contributed by atoms with E-state index < -0.39 is 0 Å². The van der Waals surface area contributed by atoms with E-state index in [1.807, 2.05) is 10.7 Å². The Hall–Kier alpha value is -1.68. The van der Waals surface area contributed by atoms with Crippen molar-refractivity contribution in [2.75, 3.05) is 0 Å². The van der Waals surface area contributed by atoms with Crippen molar-refractivity contribution in [2.24, 2.45) is 5.73 Å². The lowest BCUT2D eigenvalue weighted by atomic mass is 9.91. The third kappa shape index (κ3) is 3.00. The molecule has 0 aliphatic rings. The van der Waals surface area contributed by atoms with Crippen molar-refractivity contribution in [3.63, 3.8) is 0 Å². The Morgan fingerprint density at radius 3 is 2.33 bits per heavy atom. The third-order valence-corrected chi connectivity index (χ3v) is 3.89. The molecule has 2 aromatic heterocycles. The van der Waals surface area contributed by atoms with Crippen LogP contribution in [0.1, 0.15) is 55.9 Å². The Balaban J connectivity index is 2.64. The van der Waals surface area contributed by atoms with Crippen LogP contribution in [-0.2, 0) is 18.4 Å². The highest BCUT2D eigenvalue weighted by molar-refractivity contribution is 5.37. The SMILES string of the molecule is CCc1c(C)nn(-c2cc(CN)cc(C(C)(C)C)n2)c1C. The van der Waals surface area contributed by atoms with E-state index in [1.165, 1.54) is 5.56 Å². The smallest absolute Gasteiger partial charge is 0.154 e. The number of aryl methyl sites for hydroxylation is 1. The number of hydrogen-bond acceptors (Lipinski definition) is 3. The van der Waals surface area contributed by atoms with Gasteiger partial charge in [-0.25, -0.2) is 9.67 Å². The Labute approximate surface area is 127 Å². The lowest BCUT2D eigenvalue weighted by Crippen LogP contribution is -2.17. The molecular weight excluding hydrogens is 260 g/mol. The number of pyridine rings is 1. The van der Waals surface area contributed by atoms with Gasteiger partial charge in [-0.2, -0.15) is 5.10 Å². The molecule has 2 aromatic rings. The highest BCUT2D eigenvalue weighted by atomic mass is 15.3. The van der Waals surface area contributed by atoms with Gasteiger partial charge in [-0.1, -0.05) is 27.7 Å². The first kappa shape index (κ1) is 15.7. The zero-order valence-electron chi connectivity index (χ0n) is 14.0. The van der Waals surface area contributed by atoms with Crippen LogP contribution in [0.4, 0.5) is 0 Å². The van der Waals surface area contributed by atoms with Gasteiger partial charge in [0.25, 0.3) is 0 Å². The number of nitrogens with two attached hydrogens (primary N) is 1. The van der Waals surface area contributed by atoms with Gasteiger partial charge in [0.05, 0.1) is 5.69 Å². The van der Waals surface area contributed by atoms with E-state index in [9.17, 15) is 0 Å². The summed E-state index contributed by atoms with van der Waals surface area (Å²) in [4.78, 5) is 4.82. The maximum atomic E-state index is 5.85. The van der Waals surface area contributed by atoms with Gasteiger partial charge >= 0.3 is 0 Å². The van der Waals surface area contributed by atoms with Crippen LogP contribution in [0.2, 0.25) is 0 Å². The van der Waals surface area contributed by atoms with Crippen LogP contribution < -0.4 is 5.73 Å². The average Bonchev–Trinajstić information content (AvgIpc) is 2.72. The Bertz CT molecular complexity index is 648. The molecule has 4 heteroatoms. The summed E-state index contributed by atoms with van der Waals surface area (Å²) in [6.07, 6.45) is 0.986. The molecule has 2 rings (SSSR count). The van der Waals surface area contributed by atoms with Crippen molar-refractivity contribution in [1.82, 2.24) is 14.8 Å². The molecule has 2 heterocycles. The van der Waals surface area contributed by atoms with E-state index in [2.05, 4.69) is 52.7 Å². The van der Waals surface area contributed by atoms with E-state index >= 15 is 0 Å². The van der Waals surface area contributed by atoms with Gasteiger partial charge in [-0.15, -0.1) is 0 Å². The van der Waals surface area contributed by atoms with E-state index in [4.69, 9.17) is 10.7 Å². The maximum Gasteiger partial charge on any atom is 0.154 e. The minimum absolute atomic E-state index is 0.0103. The van der Waals surface area contributed by atoms with Crippen LogP contribution in [0, 0.1) is 13.8 Å².